The molecule has 1 heterocycles. The molecule has 0 saturated carbocycles. The third kappa shape index (κ3) is 3.38. The van der Waals surface area contributed by atoms with Gasteiger partial charge in [-0.15, -0.1) is 0 Å². The van der Waals surface area contributed by atoms with Gasteiger partial charge >= 0.3 is 0 Å². The molecule has 1 unspecified atom stereocenters. The number of pyridine rings is 1. The van der Waals surface area contributed by atoms with Gasteiger partial charge in [-0.25, -0.2) is 0 Å². The Labute approximate surface area is 123 Å². The monoisotopic (exact) mass is 279 g/mol. The Balaban J connectivity index is 1.67. The van der Waals surface area contributed by atoms with E-state index in [-0.39, 0.29) is 6.61 Å². The lowest BCUT2D eigenvalue weighted by atomic mass is 10.0. The molecular formula is C18H17NO2. The molecule has 3 heteroatoms. The minimum Gasteiger partial charge on any atom is -0.491 e. The zero-order chi connectivity index (χ0) is 14.5. The predicted molar refractivity (Wildman–Crippen MR) is 83.4 cm³/mol. The van der Waals surface area contributed by atoms with Crippen molar-refractivity contribution in [1.82, 2.24) is 4.98 Å². The third-order valence-electron chi connectivity index (χ3n) is 3.38. The molecule has 1 aromatic heterocycles. The van der Waals surface area contributed by atoms with Crippen LogP contribution in [0.15, 0.2) is 66.9 Å². The van der Waals surface area contributed by atoms with Crippen LogP contribution in [0, 0.1) is 0 Å². The highest BCUT2D eigenvalue weighted by Gasteiger charge is 2.09. The number of hydrogen-bond acceptors (Lipinski definition) is 3. The molecule has 0 aliphatic carbocycles. The number of benzene rings is 2. The lowest BCUT2D eigenvalue weighted by molar-refractivity contribution is 0.108. The summed E-state index contributed by atoms with van der Waals surface area (Å²) in [6, 6.07) is 19.4. The Morgan fingerprint density at radius 2 is 1.71 bits per heavy atom. The highest BCUT2D eigenvalue weighted by Crippen LogP contribution is 2.18. The summed E-state index contributed by atoms with van der Waals surface area (Å²) in [4.78, 5) is 4.33. The standard InChI is InChI=1S/C18H17NO2/c20-15(13-21-16-6-2-1-3-7-16)12-14-10-11-19-18-9-5-4-8-17(14)18/h1-11,15,20H,12-13H2. The van der Waals surface area contributed by atoms with Crippen molar-refractivity contribution in [2.24, 2.45) is 0 Å². The summed E-state index contributed by atoms with van der Waals surface area (Å²) in [7, 11) is 0. The first-order valence-electron chi connectivity index (χ1n) is 7.01. The smallest absolute Gasteiger partial charge is 0.119 e. The summed E-state index contributed by atoms with van der Waals surface area (Å²) in [5.74, 6) is 0.774. The molecular weight excluding hydrogens is 262 g/mol. The van der Waals surface area contributed by atoms with Crippen LogP contribution in [0.4, 0.5) is 0 Å². The maximum absolute atomic E-state index is 10.2. The first-order valence-corrected chi connectivity index (χ1v) is 7.01. The molecule has 1 N–H and O–H groups in total. The zero-order valence-electron chi connectivity index (χ0n) is 11.6. The van der Waals surface area contributed by atoms with Gasteiger partial charge in [-0.05, 0) is 29.8 Å². The fraction of sp³-hybridized carbons (Fsp3) is 0.167. The minimum atomic E-state index is -0.545. The van der Waals surface area contributed by atoms with Crippen molar-refractivity contribution in [3.05, 3.63) is 72.4 Å². The maximum Gasteiger partial charge on any atom is 0.119 e. The molecule has 3 aromatic rings. The van der Waals surface area contributed by atoms with Crippen molar-refractivity contribution < 1.29 is 9.84 Å². The molecule has 0 aliphatic heterocycles. The third-order valence-corrected chi connectivity index (χ3v) is 3.38. The van der Waals surface area contributed by atoms with Crippen LogP contribution in [0.25, 0.3) is 10.9 Å². The second kappa shape index (κ2) is 6.37. The van der Waals surface area contributed by atoms with Gasteiger partial charge in [-0.2, -0.15) is 0 Å². The lowest BCUT2D eigenvalue weighted by Crippen LogP contribution is -2.20. The van der Waals surface area contributed by atoms with Crippen LogP contribution in [-0.2, 0) is 6.42 Å². The SMILES string of the molecule is OC(COc1ccccc1)Cc1ccnc2ccccc12. The van der Waals surface area contributed by atoms with E-state index in [1.165, 1.54) is 0 Å². The molecule has 2 aromatic carbocycles. The number of aliphatic hydroxyl groups excluding tert-OH is 1. The highest BCUT2D eigenvalue weighted by molar-refractivity contribution is 5.81. The first-order chi connectivity index (χ1) is 10.3. The molecule has 0 spiro atoms. The summed E-state index contributed by atoms with van der Waals surface area (Å²) in [6.07, 6.45) is 1.79. The van der Waals surface area contributed by atoms with Crippen molar-refractivity contribution in [3.63, 3.8) is 0 Å². The Kier molecular flexibility index (Phi) is 4.12. The number of ether oxygens (including phenoxy) is 1. The topological polar surface area (TPSA) is 42.4 Å². The van der Waals surface area contributed by atoms with E-state index in [0.717, 1.165) is 22.2 Å². The molecule has 1 atom stereocenters. The van der Waals surface area contributed by atoms with E-state index < -0.39 is 6.10 Å². The number of rotatable bonds is 5. The highest BCUT2D eigenvalue weighted by atomic mass is 16.5. The second-order valence-electron chi connectivity index (χ2n) is 4.97. The van der Waals surface area contributed by atoms with Crippen LogP contribution in [0.1, 0.15) is 5.56 Å². The zero-order valence-corrected chi connectivity index (χ0v) is 11.6. The number of nitrogens with zero attached hydrogens (tertiary/aromatic N) is 1. The van der Waals surface area contributed by atoms with E-state index in [9.17, 15) is 5.11 Å². The molecule has 21 heavy (non-hydrogen) atoms. The van der Waals surface area contributed by atoms with Gasteiger partial charge in [0.15, 0.2) is 0 Å². The molecule has 0 saturated heterocycles. The van der Waals surface area contributed by atoms with Crippen LogP contribution in [0.5, 0.6) is 5.75 Å². The summed E-state index contributed by atoms with van der Waals surface area (Å²) >= 11 is 0. The van der Waals surface area contributed by atoms with Crippen LogP contribution in [-0.4, -0.2) is 22.8 Å². The molecule has 3 nitrogen and oxygen atoms in total. The average Bonchev–Trinajstić information content (AvgIpc) is 2.54. The fourth-order valence-corrected chi connectivity index (χ4v) is 2.35. The Morgan fingerprint density at radius 1 is 0.952 bits per heavy atom. The van der Waals surface area contributed by atoms with Gasteiger partial charge in [0.2, 0.25) is 0 Å². The van der Waals surface area contributed by atoms with E-state index in [2.05, 4.69) is 4.98 Å². The van der Waals surface area contributed by atoms with E-state index in [1.54, 1.807) is 6.20 Å². The number of aromatic nitrogens is 1. The van der Waals surface area contributed by atoms with Gasteiger partial charge < -0.3 is 9.84 Å². The lowest BCUT2D eigenvalue weighted by Gasteiger charge is -2.13. The number of hydrogen-bond donors (Lipinski definition) is 1. The van der Waals surface area contributed by atoms with Crippen molar-refractivity contribution >= 4 is 10.9 Å². The first kappa shape index (κ1) is 13.6. The van der Waals surface area contributed by atoms with Gasteiger partial charge in [-0.1, -0.05) is 36.4 Å². The summed E-state index contributed by atoms with van der Waals surface area (Å²) in [5, 5.41) is 11.3. The second-order valence-corrected chi connectivity index (χ2v) is 4.97. The molecule has 0 aliphatic rings. The molecule has 0 fully saturated rings. The summed E-state index contributed by atoms with van der Waals surface area (Å²) in [6.45, 7) is 0.278. The van der Waals surface area contributed by atoms with Crippen LogP contribution >= 0.6 is 0 Å². The van der Waals surface area contributed by atoms with Gasteiger partial charge in [0.1, 0.15) is 12.4 Å². The summed E-state index contributed by atoms with van der Waals surface area (Å²) < 4.78 is 5.59. The van der Waals surface area contributed by atoms with Gasteiger partial charge in [0.25, 0.3) is 0 Å². The van der Waals surface area contributed by atoms with E-state index in [0.29, 0.717) is 6.42 Å². The maximum atomic E-state index is 10.2. The normalized spacial score (nSPS) is 12.2. The summed E-state index contributed by atoms with van der Waals surface area (Å²) in [5.41, 5.74) is 2.04. The van der Waals surface area contributed by atoms with Crippen molar-refractivity contribution in [2.45, 2.75) is 12.5 Å². The van der Waals surface area contributed by atoms with Gasteiger partial charge in [-0.3, -0.25) is 4.98 Å². The van der Waals surface area contributed by atoms with Crippen LogP contribution in [0.2, 0.25) is 0 Å². The Hall–Kier alpha value is -2.39. The van der Waals surface area contributed by atoms with Crippen LogP contribution in [0.3, 0.4) is 0 Å². The quantitative estimate of drug-likeness (QED) is 0.779. The molecule has 0 amide bonds. The van der Waals surface area contributed by atoms with E-state index in [4.69, 9.17) is 4.74 Å². The van der Waals surface area contributed by atoms with E-state index in [1.807, 2.05) is 60.7 Å². The van der Waals surface area contributed by atoms with Crippen molar-refractivity contribution in [1.29, 1.82) is 0 Å². The van der Waals surface area contributed by atoms with Crippen molar-refractivity contribution in [2.75, 3.05) is 6.61 Å². The van der Waals surface area contributed by atoms with E-state index >= 15 is 0 Å². The number of aliphatic hydroxyl groups is 1. The average molecular weight is 279 g/mol. The van der Waals surface area contributed by atoms with Crippen LogP contribution < -0.4 is 4.74 Å². The number of fused-ring (bicyclic) bond motifs is 1. The number of para-hydroxylation sites is 2. The van der Waals surface area contributed by atoms with Gasteiger partial charge in [0.05, 0.1) is 11.6 Å². The molecule has 0 bridgehead atoms. The molecule has 3 rings (SSSR count). The fourth-order valence-electron chi connectivity index (χ4n) is 2.35. The van der Waals surface area contributed by atoms with Crippen molar-refractivity contribution in [3.8, 4) is 5.75 Å². The predicted octanol–water partition coefficient (Wildman–Crippen LogP) is 3.22. The Bertz CT molecular complexity index is 707. The minimum absolute atomic E-state index is 0.278. The molecule has 0 radical (unpaired) electrons. The Morgan fingerprint density at radius 3 is 2.57 bits per heavy atom. The molecule has 106 valence electrons. The largest absolute Gasteiger partial charge is 0.491 e. The van der Waals surface area contributed by atoms with Gasteiger partial charge in [0, 0.05) is 18.0 Å².